The molecular formula is C15H22ClNO4. The number of unbranched alkanes of at least 4 members (excludes halogenated alkanes) is 2. The van der Waals surface area contributed by atoms with E-state index >= 15 is 0 Å². The lowest BCUT2D eigenvalue weighted by atomic mass is 10.1. The van der Waals surface area contributed by atoms with Crippen LogP contribution in [-0.2, 0) is 0 Å². The second-order valence-electron chi connectivity index (χ2n) is 4.41. The molecule has 0 atom stereocenters. The van der Waals surface area contributed by atoms with Crippen molar-refractivity contribution in [3.05, 3.63) is 17.7 Å². The Morgan fingerprint density at radius 3 is 2.19 bits per heavy atom. The molecule has 118 valence electrons. The monoisotopic (exact) mass is 315 g/mol. The van der Waals surface area contributed by atoms with Gasteiger partial charge in [-0.05, 0) is 12.8 Å². The van der Waals surface area contributed by atoms with Gasteiger partial charge in [-0.3, -0.25) is 4.79 Å². The predicted octanol–water partition coefficient (Wildman–Crippen LogP) is 2.85. The molecule has 6 heteroatoms. The third-order valence-corrected chi connectivity index (χ3v) is 3.31. The van der Waals surface area contributed by atoms with E-state index in [1.165, 1.54) is 21.3 Å². The van der Waals surface area contributed by atoms with E-state index in [-0.39, 0.29) is 5.91 Å². The molecule has 0 aromatic heterocycles. The van der Waals surface area contributed by atoms with E-state index in [1.807, 2.05) is 0 Å². The van der Waals surface area contributed by atoms with Gasteiger partial charge in [0.25, 0.3) is 5.91 Å². The number of methoxy groups -OCH3 is 3. The molecule has 0 bridgehead atoms. The van der Waals surface area contributed by atoms with Gasteiger partial charge in [0.15, 0.2) is 11.5 Å². The standard InChI is InChI=1S/C15H22ClNO4/c1-19-12-10-14(21-3)13(20-2)9-11(12)15(18)17-8-6-4-5-7-16/h9-10H,4-8H2,1-3H3,(H,17,18). The Hall–Kier alpha value is -1.62. The van der Waals surface area contributed by atoms with E-state index in [0.29, 0.717) is 35.2 Å². The summed E-state index contributed by atoms with van der Waals surface area (Å²) in [6, 6.07) is 3.26. The summed E-state index contributed by atoms with van der Waals surface area (Å²) in [5.41, 5.74) is 0.424. The van der Waals surface area contributed by atoms with Crippen molar-refractivity contribution in [3.8, 4) is 17.2 Å². The number of hydrogen-bond donors (Lipinski definition) is 1. The number of nitrogens with one attached hydrogen (secondary N) is 1. The van der Waals surface area contributed by atoms with Crippen LogP contribution in [0.3, 0.4) is 0 Å². The maximum atomic E-state index is 12.2. The summed E-state index contributed by atoms with van der Waals surface area (Å²) in [4.78, 5) is 12.2. The van der Waals surface area contributed by atoms with Crippen molar-refractivity contribution in [2.24, 2.45) is 0 Å². The minimum Gasteiger partial charge on any atom is -0.496 e. The fourth-order valence-electron chi connectivity index (χ4n) is 1.90. The molecule has 0 spiro atoms. The Labute approximate surface area is 130 Å². The van der Waals surface area contributed by atoms with Gasteiger partial charge < -0.3 is 19.5 Å². The smallest absolute Gasteiger partial charge is 0.255 e. The van der Waals surface area contributed by atoms with Crippen molar-refractivity contribution in [3.63, 3.8) is 0 Å². The van der Waals surface area contributed by atoms with Gasteiger partial charge in [0, 0.05) is 24.6 Å². The molecule has 21 heavy (non-hydrogen) atoms. The summed E-state index contributed by atoms with van der Waals surface area (Å²) in [5, 5.41) is 2.86. The number of benzene rings is 1. The highest BCUT2D eigenvalue weighted by Crippen LogP contribution is 2.34. The van der Waals surface area contributed by atoms with Crippen molar-refractivity contribution in [2.75, 3.05) is 33.8 Å². The van der Waals surface area contributed by atoms with Crippen LogP contribution >= 0.6 is 11.6 Å². The highest BCUT2D eigenvalue weighted by molar-refractivity contribution is 6.17. The SMILES string of the molecule is COc1cc(OC)c(C(=O)NCCCCCCl)cc1OC. The van der Waals surface area contributed by atoms with Gasteiger partial charge in [0.2, 0.25) is 0 Å². The Morgan fingerprint density at radius 1 is 1.00 bits per heavy atom. The number of amides is 1. The maximum absolute atomic E-state index is 12.2. The van der Waals surface area contributed by atoms with E-state index in [4.69, 9.17) is 25.8 Å². The van der Waals surface area contributed by atoms with Crippen molar-refractivity contribution >= 4 is 17.5 Å². The number of rotatable bonds is 9. The summed E-state index contributed by atoms with van der Waals surface area (Å²) in [7, 11) is 4.57. The summed E-state index contributed by atoms with van der Waals surface area (Å²) >= 11 is 5.61. The van der Waals surface area contributed by atoms with Crippen LogP contribution in [0.25, 0.3) is 0 Å². The second-order valence-corrected chi connectivity index (χ2v) is 4.79. The van der Waals surface area contributed by atoms with Crippen LogP contribution in [0, 0.1) is 0 Å². The number of ether oxygens (including phenoxy) is 3. The van der Waals surface area contributed by atoms with Crippen molar-refractivity contribution in [1.29, 1.82) is 0 Å². The summed E-state index contributed by atoms with van der Waals surface area (Å²) in [5.74, 6) is 1.92. The van der Waals surface area contributed by atoms with Crippen LogP contribution in [0.2, 0.25) is 0 Å². The molecule has 0 unspecified atom stereocenters. The van der Waals surface area contributed by atoms with Crippen LogP contribution in [0.5, 0.6) is 17.2 Å². The first kappa shape index (κ1) is 17.4. The second kappa shape index (κ2) is 9.34. The molecule has 0 aliphatic heterocycles. The lowest BCUT2D eigenvalue weighted by Crippen LogP contribution is -2.25. The molecule has 0 saturated heterocycles. The van der Waals surface area contributed by atoms with E-state index in [1.54, 1.807) is 12.1 Å². The molecule has 1 aromatic rings. The number of halogens is 1. The molecule has 0 heterocycles. The van der Waals surface area contributed by atoms with E-state index in [2.05, 4.69) is 5.32 Å². The largest absolute Gasteiger partial charge is 0.496 e. The maximum Gasteiger partial charge on any atom is 0.255 e. The normalized spacial score (nSPS) is 10.1. The molecule has 1 N–H and O–H groups in total. The lowest BCUT2D eigenvalue weighted by Gasteiger charge is -2.14. The minimum atomic E-state index is -0.196. The fourth-order valence-corrected chi connectivity index (χ4v) is 2.09. The average molecular weight is 316 g/mol. The van der Waals surface area contributed by atoms with Gasteiger partial charge in [-0.2, -0.15) is 0 Å². The zero-order valence-corrected chi connectivity index (χ0v) is 13.5. The molecule has 1 rings (SSSR count). The molecule has 1 amide bonds. The predicted molar refractivity (Wildman–Crippen MR) is 83.0 cm³/mol. The van der Waals surface area contributed by atoms with Crippen molar-refractivity contribution in [1.82, 2.24) is 5.32 Å². The fraction of sp³-hybridized carbons (Fsp3) is 0.533. The number of alkyl halides is 1. The Balaban J connectivity index is 2.77. The van der Waals surface area contributed by atoms with E-state index in [0.717, 1.165) is 19.3 Å². The first-order valence-electron chi connectivity index (χ1n) is 6.82. The highest BCUT2D eigenvalue weighted by atomic mass is 35.5. The molecule has 0 radical (unpaired) electrons. The summed E-state index contributed by atoms with van der Waals surface area (Å²) in [6.07, 6.45) is 2.85. The third-order valence-electron chi connectivity index (χ3n) is 3.05. The Morgan fingerprint density at radius 2 is 1.62 bits per heavy atom. The van der Waals surface area contributed by atoms with Crippen LogP contribution < -0.4 is 19.5 Å². The Bertz CT molecular complexity index is 465. The van der Waals surface area contributed by atoms with Crippen molar-refractivity contribution < 1.29 is 19.0 Å². The zero-order valence-electron chi connectivity index (χ0n) is 12.7. The Kier molecular flexibility index (Phi) is 7.75. The molecule has 5 nitrogen and oxygen atoms in total. The van der Waals surface area contributed by atoms with Gasteiger partial charge in [-0.1, -0.05) is 6.42 Å². The van der Waals surface area contributed by atoms with Gasteiger partial charge in [-0.25, -0.2) is 0 Å². The molecule has 0 saturated carbocycles. The van der Waals surface area contributed by atoms with Crippen LogP contribution in [0.4, 0.5) is 0 Å². The lowest BCUT2D eigenvalue weighted by molar-refractivity contribution is 0.0949. The van der Waals surface area contributed by atoms with Gasteiger partial charge in [0.05, 0.1) is 26.9 Å². The van der Waals surface area contributed by atoms with E-state index < -0.39 is 0 Å². The van der Waals surface area contributed by atoms with Crippen LogP contribution in [0.15, 0.2) is 12.1 Å². The molecule has 0 fully saturated rings. The molecule has 1 aromatic carbocycles. The first-order valence-corrected chi connectivity index (χ1v) is 7.35. The quantitative estimate of drug-likeness (QED) is 0.562. The number of hydrogen-bond acceptors (Lipinski definition) is 4. The zero-order chi connectivity index (χ0) is 15.7. The van der Waals surface area contributed by atoms with Gasteiger partial charge >= 0.3 is 0 Å². The van der Waals surface area contributed by atoms with Gasteiger partial charge in [0.1, 0.15) is 5.75 Å². The van der Waals surface area contributed by atoms with Gasteiger partial charge in [-0.15, -0.1) is 11.6 Å². The molecular weight excluding hydrogens is 294 g/mol. The summed E-state index contributed by atoms with van der Waals surface area (Å²) < 4.78 is 15.6. The molecule has 0 aliphatic carbocycles. The third kappa shape index (κ3) is 5.01. The molecule has 0 aliphatic rings. The highest BCUT2D eigenvalue weighted by Gasteiger charge is 2.17. The average Bonchev–Trinajstić information content (AvgIpc) is 2.52. The van der Waals surface area contributed by atoms with E-state index in [9.17, 15) is 4.79 Å². The summed E-state index contributed by atoms with van der Waals surface area (Å²) in [6.45, 7) is 0.604. The number of carbonyl (C=O) groups is 1. The number of carbonyl (C=O) groups excluding carboxylic acids is 1. The first-order chi connectivity index (χ1) is 10.2. The van der Waals surface area contributed by atoms with Crippen LogP contribution in [0.1, 0.15) is 29.6 Å². The van der Waals surface area contributed by atoms with Crippen molar-refractivity contribution in [2.45, 2.75) is 19.3 Å². The topological polar surface area (TPSA) is 56.8 Å². The minimum absolute atomic E-state index is 0.196. The van der Waals surface area contributed by atoms with Crippen LogP contribution in [-0.4, -0.2) is 39.7 Å².